The van der Waals surface area contributed by atoms with Crippen molar-refractivity contribution in [2.24, 2.45) is 0 Å². The number of halogens is 2. The van der Waals surface area contributed by atoms with Crippen LogP contribution in [0.1, 0.15) is 32.6 Å². The van der Waals surface area contributed by atoms with Gasteiger partial charge in [0.2, 0.25) is 0 Å². The van der Waals surface area contributed by atoms with Crippen LogP contribution in [-0.4, -0.2) is 56.8 Å². The Hall–Kier alpha value is -3.36. The molecule has 1 aliphatic heterocycles. The number of carbonyl (C=O) groups is 1. The van der Waals surface area contributed by atoms with Crippen LogP contribution in [0.25, 0.3) is 11.1 Å². The number of hydrogen-bond acceptors (Lipinski definition) is 5. The summed E-state index contributed by atoms with van der Waals surface area (Å²) in [6.45, 7) is 3.76. The van der Waals surface area contributed by atoms with Gasteiger partial charge in [-0.2, -0.15) is 0 Å². The first-order valence-corrected chi connectivity index (χ1v) is 13.6. The maximum atomic E-state index is 14.2. The fourth-order valence-electron chi connectivity index (χ4n) is 4.78. The monoisotopic (exact) mass is 509 g/mol. The first-order chi connectivity index (χ1) is 17.2. The van der Waals surface area contributed by atoms with E-state index in [1.807, 2.05) is 36.1 Å². The highest BCUT2D eigenvalue weighted by Crippen LogP contribution is 2.44. The molecule has 0 atom stereocenters. The van der Waals surface area contributed by atoms with Crippen LogP contribution in [0.15, 0.2) is 60.7 Å². The summed E-state index contributed by atoms with van der Waals surface area (Å²) >= 11 is 0. The maximum absolute atomic E-state index is 14.2. The average Bonchev–Trinajstić information content (AvgIpc) is 3.11. The summed E-state index contributed by atoms with van der Waals surface area (Å²) in [5.74, 6) is -0.858. The van der Waals surface area contributed by atoms with Gasteiger partial charge in [-0.05, 0) is 59.5 Å². The molecule has 0 spiro atoms. The Bertz CT molecular complexity index is 1460. The second-order valence-electron chi connectivity index (χ2n) is 9.10. The molecule has 0 aromatic heterocycles. The van der Waals surface area contributed by atoms with Crippen LogP contribution in [0, 0.1) is 18.6 Å². The zero-order valence-electron chi connectivity index (χ0n) is 19.8. The number of rotatable bonds is 6. The lowest BCUT2D eigenvalue weighted by Crippen LogP contribution is -2.42. The highest BCUT2D eigenvalue weighted by atomic mass is 32.2. The molecule has 0 saturated carbocycles. The topological polar surface area (TPSA) is 63.7 Å². The normalized spacial score (nSPS) is 17.4. The molecule has 1 aliphatic carbocycles. The van der Waals surface area contributed by atoms with E-state index in [1.165, 1.54) is 12.1 Å². The standard InChI is InChI=1S/C28H25F2NO4S/c1-18-4-2-3-5-23(18)27-26(19-14-20(29)16-21(30)15-19)24-7-6-22(17-25(24)28(27)32)35-11-8-31-9-12-36(33,34)13-10-31/h2-7,14-17H,8-13H2,1H3. The van der Waals surface area contributed by atoms with Crippen molar-refractivity contribution in [1.82, 2.24) is 4.90 Å². The van der Waals surface area contributed by atoms with Crippen LogP contribution in [-0.2, 0) is 9.84 Å². The van der Waals surface area contributed by atoms with E-state index in [0.717, 1.165) is 11.6 Å². The van der Waals surface area contributed by atoms with Crippen molar-refractivity contribution in [3.05, 3.63) is 100 Å². The fraction of sp³-hybridized carbons (Fsp3) is 0.250. The minimum atomic E-state index is -2.94. The summed E-state index contributed by atoms with van der Waals surface area (Å²) < 4.78 is 57.4. The zero-order valence-corrected chi connectivity index (χ0v) is 20.6. The molecule has 0 bridgehead atoms. The van der Waals surface area contributed by atoms with Gasteiger partial charge in [0.1, 0.15) is 24.0 Å². The van der Waals surface area contributed by atoms with E-state index in [9.17, 15) is 22.0 Å². The van der Waals surface area contributed by atoms with Crippen molar-refractivity contribution < 1.29 is 26.7 Å². The van der Waals surface area contributed by atoms with Crippen LogP contribution in [0.3, 0.4) is 0 Å². The highest BCUT2D eigenvalue weighted by Gasteiger charge is 2.33. The number of aryl methyl sites for hydroxylation is 1. The van der Waals surface area contributed by atoms with Crippen molar-refractivity contribution >= 4 is 26.8 Å². The molecule has 36 heavy (non-hydrogen) atoms. The number of ether oxygens (including phenoxy) is 1. The Morgan fingerprint density at radius 1 is 0.861 bits per heavy atom. The summed E-state index contributed by atoms with van der Waals surface area (Å²) in [5, 5.41) is 0. The van der Waals surface area contributed by atoms with Gasteiger partial charge in [0, 0.05) is 42.4 Å². The zero-order chi connectivity index (χ0) is 25.4. The average molecular weight is 510 g/mol. The van der Waals surface area contributed by atoms with Crippen molar-refractivity contribution in [3.8, 4) is 5.75 Å². The number of sulfone groups is 1. The van der Waals surface area contributed by atoms with Crippen LogP contribution in [0.2, 0.25) is 0 Å². The third kappa shape index (κ3) is 4.83. The van der Waals surface area contributed by atoms with Gasteiger partial charge < -0.3 is 4.74 Å². The maximum Gasteiger partial charge on any atom is 0.195 e. The first kappa shape index (κ1) is 24.3. The number of ketones is 1. The van der Waals surface area contributed by atoms with E-state index in [-0.39, 0.29) is 17.3 Å². The number of fused-ring (bicyclic) bond motifs is 1. The van der Waals surface area contributed by atoms with E-state index >= 15 is 0 Å². The predicted octanol–water partition coefficient (Wildman–Crippen LogP) is 4.54. The molecule has 3 aromatic carbocycles. The van der Waals surface area contributed by atoms with Gasteiger partial charge in [-0.25, -0.2) is 17.2 Å². The SMILES string of the molecule is Cc1ccccc1C1=C(c2cc(F)cc(F)c2)c2ccc(OCCN3CCS(=O)(=O)CC3)cc2C1=O. The highest BCUT2D eigenvalue weighted by molar-refractivity contribution is 7.91. The summed E-state index contributed by atoms with van der Waals surface area (Å²) in [7, 11) is -2.94. The van der Waals surface area contributed by atoms with Crippen LogP contribution < -0.4 is 4.74 Å². The van der Waals surface area contributed by atoms with Gasteiger partial charge in [-0.1, -0.05) is 24.3 Å². The van der Waals surface area contributed by atoms with E-state index in [0.29, 0.717) is 65.4 Å². The van der Waals surface area contributed by atoms with Crippen LogP contribution in [0.4, 0.5) is 8.78 Å². The third-order valence-corrected chi connectivity index (χ3v) is 8.27. The van der Waals surface area contributed by atoms with Gasteiger partial charge in [0.25, 0.3) is 0 Å². The molecular formula is C28H25F2NO4S. The van der Waals surface area contributed by atoms with Crippen molar-refractivity contribution in [2.75, 3.05) is 37.7 Å². The molecule has 8 heteroatoms. The first-order valence-electron chi connectivity index (χ1n) is 11.7. The van der Waals surface area contributed by atoms with Gasteiger partial charge in [0.15, 0.2) is 15.6 Å². The summed E-state index contributed by atoms with van der Waals surface area (Å²) in [4.78, 5) is 15.7. The van der Waals surface area contributed by atoms with Crippen molar-refractivity contribution in [2.45, 2.75) is 6.92 Å². The number of nitrogens with zero attached hydrogens (tertiary/aromatic N) is 1. The van der Waals surface area contributed by atoms with Crippen LogP contribution >= 0.6 is 0 Å². The minimum Gasteiger partial charge on any atom is -0.492 e. The second-order valence-corrected chi connectivity index (χ2v) is 11.4. The molecule has 5 nitrogen and oxygen atoms in total. The van der Waals surface area contributed by atoms with Crippen molar-refractivity contribution in [1.29, 1.82) is 0 Å². The molecule has 186 valence electrons. The molecule has 1 saturated heterocycles. The Morgan fingerprint density at radius 3 is 2.25 bits per heavy atom. The Morgan fingerprint density at radius 2 is 1.56 bits per heavy atom. The lowest BCUT2D eigenvalue weighted by molar-refractivity contribution is 0.105. The lowest BCUT2D eigenvalue weighted by atomic mass is 9.92. The smallest absolute Gasteiger partial charge is 0.195 e. The summed E-state index contributed by atoms with van der Waals surface area (Å²) in [6, 6.07) is 15.9. The quantitative estimate of drug-likeness (QED) is 0.488. The molecule has 2 aliphatic rings. The molecule has 0 N–H and O–H groups in total. The van der Waals surface area contributed by atoms with E-state index < -0.39 is 21.5 Å². The third-order valence-electron chi connectivity index (χ3n) is 6.66. The predicted molar refractivity (Wildman–Crippen MR) is 135 cm³/mol. The number of Topliss-reactive ketones (excluding diaryl/α,β-unsaturated/α-hetero) is 1. The van der Waals surface area contributed by atoms with Gasteiger partial charge in [-0.15, -0.1) is 0 Å². The van der Waals surface area contributed by atoms with E-state index in [2.05, 4.69) is 0 Å². The van der Waals surface area contributed by atoms with Gasteiger partial charge in [0.05, 0.1) is 11.5 Å². The fourth-order valence-corrected chi connectivity index (χ4v) is 6.05. The molecular weight excluding hydrogens is 484 g/mol. The largest absolute Gasteiger partial charge is 0.492 e. The molecule has 1 fully saturated rings. The van der Waals surface area contributed by atoms with Crippen LogP contribution in [0.5, 0.6) is 5.75 Å². The molecule has 1 heterocycles. The number of hydrogen-bond donors (Lipinski definition) is 0. The number of allylic oxidation sites excluding steroid dienone is 1. The van der Waals surface area contributed by atoms with E-state index in [1.54, 1.807) is 18.2 Å². The summed E-state index contributed by atoms with van der Waals surface area (Å²) in [5.41, 5.74) is 3.78. The van der Waals surface area contributed by atoms with Gasteiger partial charge in [-0.3, -0.25) is 9.69 Å². The van der Waals surface area contributed by atoms with E-state index in [4.69, 9.17) is 4.74 Å². The van der Waals surface area contributed by atoms with Crippen molar-refractivity contribution in [3.63, 3.8) is 0 Å². The van der Waals surface area contributed by atoms with Gasteiger partial charge >= 0.3 is 0 Å². The minimum absolute atomic E-state index is 0.150. The molecule has 0 unspecified atom stereocenters. The number of benzene rings is 3. The Kier molecular flexibility index (Phi) is 6.49. The lowest BCUT2D eigenvalue weighted by Gasteiger charge is -2.26. The Balaban J connectivity index is 1.45. The Labute approximate surface area is 208 Å². The molecule has 3 aromatic rings. The number of carbonyl (C=O) groups excluding carboxylic acids is 1. The molecule has 0 amide bonds. The molecule has 0 radical (unpaired) electrons. The molecule has 5 rings (SSSR count). The second kappa shape index (κ2) is 9.59. The summed E-state index contributed by atoms with van der Waals surface area (Å²) in [6.07, 6.45) is 0.